The monoisotopic (exact) mass is 290 g/mol. The molecule has 0 saturated heterocycles. The van der Waals surface area contributed by atoms with Crippen molar-refractivity contribution in [1.82, 2.24) is 19.6 Å². The van der Waals surface area contributed by atoms with Gasteiger partial charge in [-0.2, -0.15) is 4.98 Å². The molecule has 0 bridgehead atoms. The fourth-order valence-corrected chi connectivity index (χ4v) is 2.61. The highest BCUT2D eigenvalue weighted by Crippen LogP contribution is 2.30. The summed E-state index contributed by atoms with van der Waals surface area (Å²) >= 11 is 0. The second-order valence-electron chi connectivity index (χ2n) is 5.11. The van der Waals surface area contributed by atoms with E-state index in [0.29, 0.717) is 5.78 Å². The van der Waals surface area contributed by atoms with E-state index < -0.39 is 0 Å². The largest absolute Gasteiger partial charge is 0.399 e. The standard InChI is InChI=1S/C16H14N6/c1-21(12-6-4-5-11(17)9-12)15-13-7-2-3-8-14(13)22-10-18-20-16(22)19-15/h2-10H,17H2,1H3. The molecule has 6 nitrogen and oxygen atoms in total. The molecule has 0 atom stereocenters. The van der Waals surface area contributed by atoms with Gasteiger partial charge in [0.05, 0.1) is 5.52 Å². The van der Waals surface area contributed by atoms with Crippen molar-refractivity contribution in [2.45, 2.75) is 0 Å². The third kappa shape index (κ3) is 1.85. The molecular weight excluding hydrogens is 276 g/mol. The van der Waals surface area contributed by atoms with E-state index in [1.165, 1.54) is 0 Å². The van der Waals surface area contributed by atoms with Crippen LogP contribution in [-0.2, 0) is 0 Å². The Bertz CT molecular complexity index is 975. The molecule has 0 aliphatic carbocycles. The van der Waals surface area contributed by atoms with Gasteiger partial charge in [0.2, 0.25) is 0 Å². The molecule has 0 fully saturated rings. The second kappa shape index (κ2) is 4.70. The van der Waals surface area contributed by atoms with Crippen LogP contribution in [-0.4, -0.2) is 26.6 Å². The van der Waals surface area contributed by atoms with Crippen molar-refractivity contribution in [1.29, 1.82) is 0 Å². The first kappa shape index (κ1) is 12.6. The van der Waals surface area contributed by atoms with Crippen LogP contribution in [0.25, 0.3) is 16.7 Å². The Hall–Kier alpha value is -3.15. The molecule has 22 heavy (non-hydrogen) atoms. The van der Waals surface area contributed by atoms with Gasteiger partial charge < -0.3 is 10.6 Å². The molecule has 2 N–H and O–H groups in total. The maximum Gasteiger partial charge on any atom is 0.257 e. The van der Waals surface area contributed by atoms with Gasteiger partial charge in [0.15, 0.2) is 0 Å². The van der Waals surface area contributed by atoms with Crippen LogP contribution < -0.4 is 10.6 Å². The van der Waals surface area contributed by atoms with Gasteiger partial charge in [0.25, 0.3) is 5.78 Å². The van der Waals surface area contributed by atoms with Gasteiger partial charge in [0.1, 0.15) is 12.1 Å². The number of hydrogen-bond acceptors (Lipinski definition) is 5. The first-order chi connectivity index (χ1) is 10.7. The van der Waals surface area contributed by atoms with Gasteiger partial charge in [-0.05, 0) is 30.3 Å². The first-order valence-corrected chi connectivity index (χ1v) is 6.92. The predicted molar refractivity (Wildman–Crippen MR) is 87.2 cm³/mol. The number of nitrogens with two attached hydrogens (primary N) is 1. The molecule has 2 aromatic heterocycles. The molecule has 0 unspecified atom stereocenters. The number of anilines is 3. The zero-order chi connectivity index (χ0) is 15.1. The van der Waals surface area contributed by atoms with Gasteiger partial charge in [0, 0.05) is 23.8 Å². The topological polar surface area (TPSA) is 72.3 Å². The normalized spacial score (nSPS) is 11.1. The minimum atomic E-state index is 0.574. The summed E-state index contributed by atoms with van der Waals surface area (Å²) in [5.41, 5.74) is 8.60. The Morgan fingerprint density at radius 1 is 1.09 bits per heavy atom. The summed E-state index contributed by atoms with van der Waals surface area (Å²) in [5.74, 6) is 1.39. The van der Waals surface area contributed by atoms with E-state index in [1.54, 1.807) is 6.33 Å². The number of fused-ring (bicyclic) bond motifs is 3. The highest BCUT2D eigenvalue weighted by atomic mass is 15.3. The molecule has 0 saturated carbocycles. The van der Waals surface area contributed by atoms with Gasteiger partial charge in [-0.3, -0.25) is 4.40 Å². The average molecular weight is 290 g/mol. The van der Waals surface area contributed by atoms with Crippen LogP contribution in [0, 0.1) is 0 Å². The fraction of sp³-hybridized carbons (Fsp3) is 0.0625. The predicted octanol–water partition coefficient (Wildman–Crippen LogP) is 2.63. The maximum absolute atomic E-state index is 5.89. The number of benzene rings is 2. The molecule has 2 aromatic carbocycles. The lowest BCUT2D eigenvalue weighted by Crippen LogP contribution is -2.13. The van der Waals surface area contributed by atoms with Gasteiger partial charge in [-0.1, -0.05) is 18.2 Å². The van der Waals surface area contributed by atoms with Gasteiger partial charge in [-0.25, -0.2) is 0 Å². The summed E-state index contributed by atoms with van der Waals surface area (Å²) < 4.78 is 1.88. The third-order valence-electron chi connectivity index (χ3n) is 3.72. The molecule has 0 radical (unpaired) electrons. The summed E-state index contributed by atoms with van der Waals surface area (Å²) in [7, 11) is 1.97. The number of rotatable bonds is 2. The van der Waals surface area contributed by atoms with Crippen molar-refractivity contribution in [3.63, 3.8) is 0 Å². The molecule has 6 heteroatoms. The zero-order valence-corrected chi connectivity index (χ0v) is 12.0. The van der Waals surface area contributed by atoms with Crippen molar-refractivity contribution in [2.24, 2.45) is 0 Å². The molecule has 2 heterocycles. The molecule has 0 aliphatic rings. The van der Waals surface area contributed by atoms with Gasteiger partial charge >= 0.3 is 0 Å². The van der Waals surface area contributed by atoms with E-state index in [-0.39, 0.29) is 0 Å². The third-order valence-corrected chi connectivity index (χ3v) is 3.72. The lowest BCUT2D eigenvalue weighted by atomic mass is 10.2. The number of para-hydroxylation sites is 1. The molecule has 4 rings (SSSR count). The lowest BCUT2D eigenvalue weighted by Gasteiger charge is -2.20. The fourth-order valence-electron chi connectivity index (χ4n) is 2.61. The molecule has 4 aromatic rings. The van der Waals surface area contributed by atoms with Crippen LogP contribution in [0.5, 0.6) is 0 Å². The second-order valence-corrected chi connectivity index (χ2v) is 5.11. The maximum atomic E-state index is 5.89. The van der Waals surface area contributed by atoms with Crippen LogP contribution in [0.2, 0.25) is 0 Å². The molecule has 108 valence electrons. The number of nitrogen functional groups attached to an aromatic ring is 1. The summed E-state index contributed by atoms with van der Waals surface area (Å²) in [6.07, 6.45) is 1.68. The van der Waals surface area contributed by atoms with E-state index in [0.717, 1.165) is 28.1 Å². The Morgan fingerprint density at radius 2 is 1.95 bits per heavy atom. The van der Waals surface area contributed by atoms with Crippen molar-refractivity contribution in [3.05, 3.63) is 54.9 Å². The number of hydrogen-bond donors (Lipinski definition) is 1. The van der Waals surface area contributed by atoms with E-state index in [4.69, 9.17) is 5.73 Å². The highest BCUT2D eigenvalue weighted by molar-refractivity contribution is 5.93. The van der Waals surface area contributed by atoms with E-state index >= 15 is 0 Å². The Morgan fingerprint density at radius 3 is 2.82 bits per heavy atom. The van der Waals surface area contributed by atoms with Crippen LogP contribution in [0.15, 0.2) is 54.9 Å². The van der Waals surface area contributed by atoms with E-state index in [9.17, 15) is 0 Å². The number of nitrogens with zero attached hydrogens (tertiary/aromatic N) is 5. The highest BCUT2D eigenvalue weighted by Gasteiger charge is 2.14. The van der Waals surface area contributed by atoms with Crippen molar-refractivity contribution < 1.29 is 0 Å². The van der Waals surface area contributed by atoms with Crippen molar-refractivity contribution in [3.8, 4) is 0 Å². The quantitative estimate of drug-likeness (QED) is 0.575. The average Bonchev–Trinajstić information content (AvgIpc) is 3.02. The van der Waals surface area contributed by atoms with Crippen LogP contribution >= 0.6 is 0 Å². The lowest BCUT2D eigenvalue weighted by molar-refractivity contribution is 1.08. The molecular formula is C16H14N6. The molecule has 0 spiro atoms. The summed E-state index contributed by atoms with van der Waals surface area (Å²) in [6.45, 7) is 0. The van der Waals surface area contributed by atoms with Crippen molar-refractivity contribution in [2.75, 3.05) is 17.7 Å². The minimum absolute atomic E-state index is 0.574. The summed E-state index contributed by atoms with van der Waals surface area (Å²) in [6, 6.07) is 15.8. The van der Waals surface area contributed by atoms with Crippen LogP contribution in [0.3, 0.4) is 0 Å². The Balaban J connectivity index is 2.00. The molecule has 0 amide bonds. The SMILES string of the molecule is CN(c1cccc(N)c1)c1nc2nncn2c2ccccc12. The van der Waals surface area contributed by atoms with E-state index in [1.807, 2.05) is 64.9 Å². The summed E-state index contributed by atoms with van der Waals surface area (Å²) in [4.78, 5) is 6.65. The molecule has 0 aliphatic heterocycles. The number of aromatic nitrogens is 4. The van der Waals surface area contributed by atoms with E-state index in [2.05, 4.69) is 15.2 Å². The van der Waals surface area contributed by atoms with Gasteiger partial charge in [-0.15, -0.1) is 10.2 Å². The first-order valence-electron chi connectivity index (χ1n) is 6.92. The smallest absolute Gasteiger partial charge is 0.257 e. The minimum Gasteiger partial charge on any atom is -0.399 e. The van der Waals surface area contributed by atoms with Crippen LogP contribution in [0.4, 0.5) is 17.2 Å². The Labute approximate surface area is 126 Å². The summed E-state index contributed by atoms with van der Waals surface area (Å²) in [5, 5.41) is 9.05. The Kier molecular flexibility index (Phi) is 2.69. The zero-order valence-electron chi connectivity index (χ0n) is 12.0. The van der Waals surface area contributed by atoms with Crippen molar-refractivity contribution >= 4 is 33.9 Å². The van der Waals surface area contributed by atoms with Crippen LogP contribution in [0.1, 0.15) is 0 Å².